The molecule has 9 nitrogen and oxygen atoms in total. The fourth-order valence-electron chi connectivity index (χ4n) is 3.39. The van der Waals surface area contributed by atoms with Crippen LogP contribution in [0.25, 0.3) is 16.5 Å². The number of thiophene rings is 1. The number of aromatic nitrogens is 2. The quantitative estimate of drug-likeness (QED) is 0.401. The summed E-state index contributed by atoms with van der Waals surface area (Å²) < 4.78 is 16.7. The van der Waals surface area contributed by atoms with E-state index in [0.29, 0.717) is 28.1 Å². The Morgan fingerprint density at radius 1 is 1.06 bits per heavy atom. The summed E-state index contributed by atoms with van der Waals surface area (Å²) >= 11 is 1.12. The molecule has 0 aliphatic heterocycles. The number of hydrogen-bond acceptors (Lipinski definition) is 8. The van der Waals surface area contributed by atoms with Gasteiger partial charge in [-0.25, -0.2) is 4.79 Å². The molecule has 1 N–H and O–H groups in total. The SMILES string of the molecule is CCOC(=O)c1nn(-c2ccc(OC)cc2)c(=O)c2c(NC(=O)c3ccccc3OC)scc12. The van der Waals surface area contributed by atoms with E-state index in [2.05, 4.69) is 10.4 Å². The summed E-state index contributed by atoms with van der Waals surface area (Å²) in [7, 11) is 3.00. The van der Waals surface area contributed by atoms with Gasteiger partial charge in [-0.1, -0.05) is 12.1 Å². The Labute approximate surface area is 198 Å². The van der Waals surface area contributed by atoms with Gasteiger partial charge in [0.1, 0.15) is 16.5 Å². The maximum absolute atomic E-state index is 13.5. The standard InChI is InChI=1S/C24H21N3O6S/c1-4-33-24(30)20-17-13-34-22(25-21(28)16-7-5-6-8-18(16)32-3)19(17)23(29)27(26-20)14-9-11-15(31-2)12-10-14/h5-13H,4H2,1-3H3,(H,25,28). The van der Waals surface area contributed by atoms with Crippen LogP contribution in [-0.4, -0.2) is 42.5 Å². The van der Waals surface area contributed by atoms with Crippen molar-refractivity contribution >= 4 is 39.0 Å². The van der Waals surface area contributed by atoms with E-state index in [1.807, 2.05) is 0 Å². The van der Waals surface area contributed by atoms with E-state index in [1.165, 1.54) is 14.2 Å². The smallest absolute Gasteiger partial charge is 0.359 e. The predicted octanol–water partition coefficient (Wildman–Crippen LogP) is 3.89. The second-order valence-corrected chi connectivity index (χ2v) is 7.87. The van der Waals surface area contributed by atoms with Gasteiger partial charge in [0, 0.05) is 10.8 Å². The normalized spacial score (nSPS) is 10.7. The molecule has 174 valence electrons. The maximum atomic E-state index is 13.5. The summed E-state index contributed by atoms with van der Waals surface area (Å²) in [6.45, 7) is 1.83. The largest absolute Gasteiger partial charge is 0.497 e. The lowest BCUT2D eigenvalue weighted by atomic mass is 10.2. The maximum Gasteiger partial charge on any atom is 0.359 e. The van der Waals surface area contributed by atoms with Gasteiger partial charge in [-0.05, 0) is 43.3 Å². The van der Waals surface area contributed by atoms with Crippen LogP contribution < -0.4 is 20.3 Å². The van der Waals surface area contributed by atoms with Crippen molar-refractivity contribution in [2.75, 3.05) is 26.1 Å². The first-order chi connectivity index (χ1) is 16.5. The zero-order chi connectivity index (χ0) is 24.2. The topological polar surface area (TPSA) is 109 Å². The minimum Gasteiger partial charge on any atom is -0.497 e. The van der Waals surface area contributed by atoms with Crippen LogP contribution in [0.15, 0.2) is 58.7 Å². The third kappa shape index (κ3) is 4.23. The number of methoxy groups -OCH3 is 2. The second kappa shape index (κ2) is 9.75. The van der Waals surface area contributed by atoms with Crippen LogP contribution in [0, 0.1) is 0 Å². The number of hydrogen-bond donors (Lipinski definition) is 1. The van der Waals surface area contributed by atoms with Crippen LogP contribution in [0.4, 0.5) is 5.00 Å². The highest BCUT2D eigenvalue weighted by atomic mass is 32.1. The second-order valence-electron chi connectivity index (χ2n) is 6.99. The van der Waals surface area contributed by atoms with Gasteiger partial charge in [-0.3, -0.25) is 9.59 Å². The Bertz CT molecular complexity index is 1430. The first kappa shape index (κ1) is 23.0. The molecular formula is C24H21N3O6S. The minimum atomic E-state index is -0.671. The monoisotopic (exact) mass is 479 g/mol. The van der Waals surface area contributed by atoms with Gasteiger partial charge in [-0.2, -0.15) is 9.78 Å². The lowest BCUT2D eigenvalue weighted by Gasteiger charge is -2.11. The van der Waals surface area contributed by atoms with Crippen molar-refractivity contribution in [1.29, 1.82) is 0 Å². The van der Waals surface area contributed by atoms with Crippen molar-refractivity contribution in [2.45, 2.75) is 6.92 Å². The number of esters is 1. The van der Waals surface area contributed by atoms with Crippen LogP contribution in [-0.2, 0) is 4.74 Å². The molecule has 0 fully saturated rings. The fraction of sp³-hybridized carbons (Fsp3) is 0.167. The average molecular weight is 480 g/mol. The van der Waals surface area contributed by atoms with E-state index in [1.54, 1.807) is 60.8 Å². The number of fused-ring (bicyclic) bond motifs is 1. The molecule has 4 rings (SSSR count). The molecule has 0 bridgehead atoms. The summed E-state index contributed by atoms with van der Waals surface area (Å²) in [6.07, 6.45) is 0. The van der Waals surface area contributed by atoms with Gasteiger partial charge in [0.25, 0.3) is 11.5 Å². The number of anilines is 1. The number of rotatable bonds is 7. The lowest BCUT2D eigenvalue weighted by molar-refractivity contribution is 0.0520. The molecule has 0 aliphatic carbocycles. The summed E-state index contributed by atoms with van der Waals surface area (Å²) in [4.78, 5) is 39.1. The molecule has 2 aromatic heterocycles. The van der Waals surface area contributed by atoms with E-state index in [4.69, 9.17) is 14.2 Å². The average Bonchev–Trinajstić information content (AvgIpc) is 3.28. The first-order valence-electron chi connectivity index (χ1n) is 10.3. The Morgan fingerprint density at radius 2 is 1.79 bits per heavy atom. The molecule has 0 aliphatic rings. The highest BCUT2D eigenvalue weighted by molar-refractivity contribution is 7.16. The van der Waals surface area contributed by atoms with Crippen molar-refractivity contribution in [2.24, 2.45) is 0 Å². The number of para-hydroxylation sites is 1. The van der Waals surface area contributed by atoms with Crippen molar-refractivity contribution in [3.05, 3.63) is 75.5 Å². The third-order valence-electron chi connectivity index (χ3n) is 5.02. The Kier molecular flexibility index (Phi) is 6.60. The van der Waals surface area contributed by atoms with E-state index < -0.39 is 17.4 Å². The number of carbonyl (C=O) groups excluding carboxylic acids is 2. The van der Waals surface area contributed by atoms with Crippen LogP contribution in [0.5, 0.6) is 11.5 Å². The highest BCUT2D eigenvalue weighted by Crippen LogP contribution is 2.32. The minimum absolute atomic E-state index is 0.0266. The summed E-state index contributed by atoms with van der Waals surface area (Å²) in [6, 6.07) is 13.4. The van der Waals surface area contributed by atoms with E-state index in [0.717, 1.165) is 16.0 Å². The summed E-state index contributed by atoms with van der Waals surface area (Å²) in [5.41, 5.74) is 0.208. The molecule has 10 heteroatoms. The van der Waals surface area contributed by atoms with Gasteiger partial charge in [0.15, 0.2) is 5.69 Å². The van der Waals surface area contributed by atoms with Crippen LogP contribution in [0.2, 0.25) is 0 Å². The van der Waals surface area contributed by atoms with Gasteiger partial charge < -0.3 is 19.5 Å². The molecule has 4 aromatic rings. The zero-order valence-electron chi connectivity index (χ0n) is 18.7. The molecule has 0 unspecified atom stereocenters. The highest BCUT2D eigenvalue weighted by Gasteiger charge is 2.24. The van der Waals surface area contributed by atoms with Gasteiger partial charge in [0.05, 0.1) is 37.5 Å². The fourth-order valence-corrected chi connectivity index (χ4v) is 4.32. The lowest BCUT2D eigenvalue weighted by Crippen LogP contribution is -2.25. The van der Waals surface area contributed by atoms with Gasteiger partial charge >= 0.3 is 5.97 Å². The van der Waals surface area contributed by atoms with Crippen LogP contribution in [0.1, 0.15) is 27.8 Å². The summed E-state index contributed by atoms with van der Waals surface area (Å²) in [5, 5.41) is 9.40. The first-order valence-corrected chi connectivity index (χ1v) is 11.2. The number of nitrogens with one attached hydrogen (secondary N) is 1. The van der Waals surface area contributed by atoms with Gasteiger partial charge in [-0.15, -0.1) is 11.3 Å². The number of nitrogens with zero attached hydrogens (tertiary/aromatic N) is 2. The summed E-state index contributed by atoms with van der Waals surface area (Å²) in [5.74, 6) is -0.129. The van der Waals surface area contributed by atoms with Crippen molar-refractivity contribution in [1.82, 2.24) is 9.78 Å². The van der Waals surface area contributed by atoms with E-state index in [9.17, 15) is 14.4 Å². The molecule has 0 saturated heterocycles. The molecule has 0 radical (unpaired) electrons. The van der Waals surface area contributed by atoms with E-state index >= 15 is 0 Å². The molecular weight excluding hydrogens is 458 g/mol. The molecule has 2 heterocycles. The number of carbonyl (C=O) groups is 2. The van der Waals surface area contributed by atoms with Crippen LogP contribution in [0.3, 0.4) is 0 Å². The van der Waals surface area contributed by atoms with Crippen molar-refractivity contribution in [3.8, 4) is 17.2 Å². The number of benzene rings is 2. The number of ether oxygens (including phenoxy) is 3. The molecule has 0 atom stereocenters. The Balaban J connectivity index is 1.87. The third-order valence-corrected chi connectivity index (χ3v) is 5.91. The zero-order valence-corrected chi connectivity index (χ0v) is 19.5. The Hall–Kier alpha value is -4.18. The van der Waals surface area contributed by atoms with Crippen molar-refractivity contribution < 1.29 is 23.8 Å². The molecule has 2 aromatic carbocycles. The molecule has 0 saturated carbocycles. The van der Waals surface area contributed by atoms with Gasteiger partial charge in [0.2, 0.25) is 0 Å². The Morgan fingerprint density at radius 3 is 2.47 bits per heavy atom. The van der Waals surface area contributed by atoms with Crippen LogP contribution >= 0.6 is 11.3 Å². The molecule has 1 amide bonds. The molecule has 0 spiro atoms. The van der Waals surface area contributed by atoms with E-state index in [-0.39, 0.29) is 22.7 Å². The van der Waals surface area contributed by atoms with Crippen molar-refractivity contribution in [3.63, 3.8) is 0 Å². The number of amides is 1. The molecule has 34 heavy (non-hydrogen) atoms. The predicted molar refractivity (Wildman–Crippen MR) is 129 cm³/mol.